The summed E-state index contributed by atoms with van der Waals surface area (Å²) in [4.78, 5) is 2.15. The van der Waals surface area contributed by atoms with Crippen LogP contribution in [0.4, 0.5) is 0 Å². The molecule has 1 aromatic carbocycles. The highest BCUT2D eigenvalue weighted by atomic mass is 16.5. The highest BCUT2D eigenvalue weighted by Gasteiger charge is 2.22. The Bertz CT molecular complexity index is 359. The van der Waals surface area contributed by atoms with Gasteiger partial charge >= 0.3 is 0 Å². The van der Waals surface area contributed by atoms with Crippen LogP contribution in [0, 0.1) is 0 Å². The van der Waals surface area contributed by atoms with Crippen molar-refractivity contribution in [2.75, 3.05) is 20.7 Å². The monoisotopic (exact) mass is 236 g/mol. The molecule has 0 radical (unpaired) electrons. The van der Waals surface area contributed by atoms with Crippen LogP contribution >= 0.6 is 0 Å². The van der Waals surface area contributed by atoms with Gasteiger partial charge in [-0.3, -0.25) is 0 Å². The van der Waals surface area contributed by atoms with Gasteiger partial charge in [0.2, 0.25) is 0 Å². The average Bonchev–Trinajstić information content (AvgIpc) is 2.26. The predicted octanol–water partition coefficient (Wildman–Crippen LogP) is 2.43. The van der Waals surface area contributed by atoms with Crippen molar-refractivity contribution >= 4 is 0 Å². The minimum Gasteiger partial charge on any atom is -0.491 e. The van der Waals surface area contributed by atoms with Gasteiger partial charge in [0.25, 0.3) is 0 Å². The highest BCUT2D eigenvalue weighted by molar-refractivity contribution is 5.35. The Labute approximate surface area is 105 Å². The van der Waals surface area contributed by atoms with Crippen LogP contribution in [0.5, 0.6) is 5.75 Å². The molecular formula is C14H24N2O. The number of ether oxygens (including phenoxy) is 1. The molecule has 0 bridgehead atoms. The van der Waals surface area contributed by atoms with Gasteiger partial charge in [-0.2, -0.15) is 0 Å². The summed E-state index contributed by atoms with van der Waals surface area (Å²) in [5.74, 6) is 0.887. The Morgan fingerprint density at radius 2 is 1.88 bits per heavy atom. The van der Waals surface area contributed by atoms with Crippen LogP contribution in [-0.2, 0) is 0 Å². The van der Waals surface area contributed by atoms with Gasteiger partial charge in [0, 0.05) is 17.1 Å². The molecule has 0 amide bonds. The molecule has 0 aliphatic rings. The molecule has 3 nitrogen and oxygen atoms in total. The van der Waals surface area contributed by atoms with Crippen molar-refractivity contribution < 1.29 is 4.74 Å². The van der Waals surface area contributed by atoms with Crippen LogP contribution in [-0.4, -0.2) is 31.1 Å². The molecule has 0 aromatic heterocycles. The van der Waals surface area contributed by atoms with Gasteiger partial charge in [0.1, 0.15) is 12.4 Å². The molecule has 0 heterocycles. The van der Waals surface area contributed by atoms with Gasteiger partial charge < -0.3 is 15.4 Å². The van der Waals surface area contributed by atoms with Crippen LogP contribution < -0.4 is 10.5 Å². The summed E-state index contributed by atoms with van der Waals surface area (Å²) < 4.78 is 5.90. The first-order valence-electron chi connectivity index (χ1n) is 5.99. The van der Waals surface area contributed by atoms with E-state index in [1.165, 1.54) is 0 Å². The second kappa shape index (κ2) is 5.52. The maximum absolute atomic E-state index is 5.92. The lowest BCUT2D eigenvalue weighted by Gasteiger charge is -2.32. The lowest BCUT2D eigenvalue weighted by atomic mass is 10.1. The topological polar surface area (TPSA) is 38.5 Å². The molecule has 0 spiro atoms. The van der Waals surface area contributed by atoms with Gasteiger partial charge in [0.15, 0.2) is 0 Å². The molecule has 0 aliphatic heterocycles. The number of nitrogens with two attached hydrogens (primary N) is 1. The third kappa shape index (κ3) is 3.72. The quantitative estimate of drug-likeness (QED) is 0.853. The molecule has 2 N–H and O–H groups in total. The molecular weight excluding hydrogens is 212 g/mol. The van der Waals surface area contributed by atoms with Crippen molar-refractivity contribution in [1.29, 1.82) is 0 Å². The van der Waals surface area contributed by atoms with E-state index in [9.17, 15) is 0 Å². The zero-order valence-electron chi connectivity index (χ0n) is 11.5. The van der Waals surface area contributed by atoms with E-state index in [1.807, 2.05) is 31.2 Å². The summed E-state index contributed by atoms with van der Waals surface area (Å²) in [5, 5.41) is 0. The van der Waals surface area contributed by atoms with E-state index in [2.05, 4.69) is 32.8 Å². The van der Waals surface area contributed by atoms with Gasteiger partial charge in [-0.25, -0.2) is 0 Å². The number of likely N-dealkylation sites (N-methyl/N-ethyl adjacent to an activating group) is 1. The van der Waals surface area contributed by atoms with E-state index < -0.39 is 0 Å². The fourth-order valence-electron chi connectivity index (χ4n) is 1.37. The fourth-order valence-corrected chi connectivity index (χ4v) is 1.37. The maximum Gasteiger partial charge on any atom is 0.124 e. The molecule has 0 fully saturated rings. The number of benzene rings is 1. The number of hydrogen-bond donors (Lipinski definition) is 1. The first kappa shape index (κ1) is 14.0. The molecule has 0 aliphatic carbocycles. The molecule has 0 saturated carbocycles. The van der Waals surface area contributed by atoms with Crippen molar-refractivity contribution in [3.8, 4) is 5.75 Å². The highest BCUT2D eigenvalue weighted by Crippen LogP contribution is 2.24. The largest absolute Gasteiger partial charge is 0.491 e. The number of nitrogens with zero attached hydrogens (tertiary/aromatic N) is 1. The van der Waals surface area contributed by atoms with Gasteiger partial charge in [0.05, 0.1) is 0 Å². The minimum atomic E-state index is -0.00586. The third-order valence-corrected chi connectivity index (χ3v) is 3.20. The second-order valence-corrected chi connectivity index (χ2v) is 5.32. The van der Waals surface area contributed by atoms with Gasteiger partial charge in [-0.15, -0.1) is 0 Å². The number of hydrogen-bond acceptors (Lipinski definition) is 3. The Morgan fingerprint density at radius 3 is 2.41 bits per heavy atom. The number of rotatable bonds is 5. The predicted molar refractivity (Wildman–Crippen MR) is 72.3 cm³/mol. The first-order valence-corrected chi connectivity index (χ1v) is 5.99. The summed E-state index contributed by atoms with van der Waals surface area (Å²) in [6, 6.07) is 7.95. The van der Waals surface area contributed by atoms with Crippen molar-refractivity contribution in [2.45, 2.75) is 32.4 Å². The summed E-state index contributed by atoms with van der Waals surface area (Å²) in [5.41, 5.74) is 6.99. The smallest absolute Gasteiger partial charge is 0.124 e. The molecule has 1 atom stereocenters. The maximum atomic E-state index is 5.92. The molecule has 1 unspecified atom stereocenters. The average molecular weight is 236 g/mol. The third-order valence-electron chi connectivity index (χ3n) is 3.20. The SMILES string of the molecule is CC(N)c1ccccc1OCC(C)(C)N(C)C. The Balaban J connectivity index is 2.76. The summed E-state index contributed by atoms with van der Waals surface area (Å²) in [6.07, 6.45) is 0. The van der Waals surface area contributed by atoms with E-state index in [4.69, 9.17) is 10.5 Å². The van der Waals surface area contributed by atoms with Crippen molar-refractivity contribution in [3.63, 3.8) is 0 Å². The van der Waals surface area contributed by atoms with Gasteiger partial charge in [-0.05, 0) is 40.9 Å². The van der Waals surface area contributed by atoms with Crippen LogP contribution in [0.25, 0.3) is 0 Å². The van der Waals surface area contributed by atoms with E-state index in [0.29, 0.717) is 6.61 Å². The van der Waals surface area contributed by atoms with Gasteiger partial charge in [-0.1, -0.05) is 18.2 Å². The normalized spacial score (nSPS) is 13.8. The van der Waals surface area contributed by atoms with E-state index in [-0.39, 0.29) is 11.6 Å². The zero-order valence-corrected chi connectivity index (χ0v) is 11.5. The summed E-state index contributed by atoms with van der Waals surface area (Å²) >= 11 is 0. The second-order valence-electron chi connectivity index (χ2n) is 5.32. The van der Waals surface area contributed by atoms with E-state index in [0.717, 1.165) is 11.3 Å². The van der Waals surface area contributed by atoms with Crippen LogP contribution in [0.2, 0.25) is 0 Å². The minimum absolute atomic E-state index is 0.00491. The molecule has 3 heteroatoms. The molecule has 17 heavy (non-hydrogen) atoms. The van der Waals surface area contributed by atoms with Crippen LogP contribution in [0.1, 0.15) is 32.4 Å². The molecule has 1 rings (SSSR count). The van der Waals surface area contributed by atoms with Crippen molar-refractivity contribution in [3.05, 3.63) is 29.8 Å². The zero-order chi connectivity index (χ0) is 13.1. The van der Waals surface area contributed by atoms with Crippen LogP contribution in [0.3, 0.4) is 0 Å². The van der Waals surface area contributed by atoms with Crippen molar-refractivity contribution in [1.82, 2.24) is 4.90 Å². The first-order chi connectivity index (χ1) is 7.84. The fraction of sp³-hybridized carbons (Fsp3) is 0.571. The Hall–Kier alpha value is -1.06. The molecule has 0 saturated heterocycles. The van der Waals surface area contributed by atoms with E-state index in [1.54, 1.807) is 0 Å². The summed E-state index contributed by atoms with van der Waals surface area (Å²) in [7, 11) is 4.11. The lowest BCUT2D eigenvalue weighted by molar-refractivity contribution is 0.113. The Morgan fingerprint density at radius 1 is 1.29 bits per heavy atom. The van der Waals surface area contributed by atoms with E-state index >= 15 is 0 Å². The lowest BCUT2D eigenvalue weighted by Crippen LogP contribution is -2.43. The number of para-hydroxylation sites is 1. The molecule has 1 aromatic rings. The molecule has 96 valence electrons. The Kier molecular flexibility index (Phi) is 4.54. The standard InChI is InChI=1S/C14H24N2O/c1-11(15)12-8-6-7-9-13(12)17-10-14(2,3)16(4)5/h6-9,11H,10,15H2,1-5H3. The van der Waals surface area contributed by atoms with Crippen LogP contribution in [0.15, 0.2) is 24.3 Å². The summed E-state index contributed by atoms with van der Waals surface area (Å²) in [6.45, 7) is 6.92. The van der Waals surface area contributed by atoms with Crippen molar-refractivity contribution in [2.24, 2.45) is 5.73 Å².